The van der Waals surface area contributed by atoms with E-state index < -0.39 is 0 Å². The van der Waals surface area contributed by atoms with Gasteiger partial charge >= 0.3 is 0 Å². The van der Waals surface area contributed by atoms with E-state index in [2.05, 4.69) is 264 Å². The van der Waals surface area contributed by atoms with Crippen molar-refractivity contribution in [1.82, 2.24) is 19.9 Å². The standard InChI is InChI=1S/C82H76BrN5O2/c1-41(2)49-18-17-19-50(42(3)4)76(49)88-77(89)57-26-23-53-51-20-21-55-59-40-66-68(44-36-47(81(11,12)13)39-48(37-44)82(14,15)16)62-31-33-65(86-62)74(83)64-32-30-61(85-64)67(43-34-45(79(5,6)7)38-46(35-43)80(8,9)10)60-28-29-63(84-60)73(75(59)87-66)56-25-22-52(69(51)71(55)56)54-24-27-58(78(88)90)72(57)70(53)54/h17-42,84,86H,1-16H3. The van der Waals surface area contributed by atoms with Gasteiger partial charge < -0.3 is 9.97 Å². The molecule has 448 valence electrons. The van der Waals surface area contributed by atoms with Crippen LogP contribution in [0.25, 0.3) is 132 Å². The molecule has 6 heterocycles. The molecule has 9 aromatic carbocycles. The number of amides is 2. The number of carbonyl (C=O) groups is 2. The van der Waals surface area contributed by atoms with Crippen LogP contribution in [-0.4, -0.2) is 31.8 Å². The van der Waals surface area contributed by atoms with Crippen molar-refractivity contribution in [3.63, 3.8) is 0 Å². The van der Waals surface area contributed by atoms with E-state index in [1.165, 1.54) is 27.2 Å². The Labute approximate surface area is 534 Å². The zero-order valence-electron chi connectivity index (χ0n) is 54.5. The highest BCUT2D eigenvalue weighted by molar-refractivity contribution is 9.10. The second-order valence-electron chi connectivity index (χ2n) is 30.4. The minimum atomic E-state index is -0.288. The van der Waals surface area contributed by atoms with Crippen molar-refractivity contribution < 1.29 is 9.59 Å². The van der Waals surface area contributed by atoms with E-state index in [9.17, 15) is 0 Å². The van der Waals surface area contributed by atoms with E-state index in [-0.39, 0.29) is 45.3 Å². The monoisotopic (exact) mass is 1240 g/mol. The number of benzene rings is 9. The normalized spacial score (nSPS) is 14.0. The molecule has 0 aliphatic carbocycles. The third-order valence-corrected chi connectivity index (χ3v) is 20.4. The molecular weight excluding hydrogens is 1170 g/mol. The molecule has 8 bridgehead atoms. The van der Waals surface area contributed by atoms with Gasteiger partial charge in [-0.1, -0.05) is 202 Å². The number of anilines is 1. The van der Waals surface area contributed by atoms with Crippen molar-refractivity contribution in [1.29, 1.82) is 0 Å². The molecule has 2 aliphatic heterocycles. The molecule has 0 unspecified atom stereocenters. The fourth-order valence-electron chi connectivity index (χ4n) is 14.6. The number of nitrogens with one attached hydrogen (secondary N) is 2. The maximum Gasteiger partial charge on any atom is 0.266 e. The van der Waals surface area contributed by atoms with Crippen LogP contribution >= 0.6 is 15.9 Å². The van der Waals surface area contributed by atoms with E-state index in [0.717, 1.165) is 147 Å². The summed E-state index contributed by atoms with van der Waals surface area (Å²) >= 11 is 4.10. The van der Waals surface area contributed by atoms with Gasteiger partial charge in [-0.05, 0) is 197 Å². The first-order valence-electron chi connectivity index (χ1n) is 32.0. The van der Waals surface area contributed by atoms with Crippen LogP contribution in [0.4, 0.5) is 5.69 Å². The number of H-pyrrole nitrogens is 2. The molecule has 0 saturated heterocycles. The summed E-state index contributed by atoms with van der Waals surface area (Å²) in [6.45, 7) is 36.0. The van der Waals surface area contributed by atoms with Crippen LogP contribution in [0.2, 0.25) is 0 Å². The van der Waals surface area contributed by atoms with E-state index in [0.29, 0.717) is 16.8 Å². The topological polar surface area (TPSA) is 94.7 Å². The van der Waals surface area contributed by atoms with Crippen LogP contribution in [-0.2, 0) is 21.7 Å². The summed E-state index contributed by atoms with van der Waals surface area (Å²) < 4.78 is 0.867. The highest BCUT2D eigenvalue weighted by Crippen LogP contribution is 2.51. The number of aromatic amines is 2. The second kappa shape index (κ2) is 19.6. The fraction of sp³-hybridized carbons (Fsp3) is 0.268. The number of hydrogen-bond donors (Lipinski definition) is 2. The Kier molecular flexibility index (Phi) is 12.6. The van der Waals surface area contributed by atoms with Crippen molar-refractivity contribution in [3.05, 3.63) is 194 Å². The van der Waals surface area contributed by atoms with Gasteiger partial charge in [-0.25, -0.2) is 14.9 Å². The maximum atomic E-state index is 15.3. The number of rotatable bonds is 5. The summed E-state index contributed by atoms with van der Waals surface area (Å²) in [6, 6.07) is 48.9. The fourth-order valence-corrected chi connectivity index (χ4v) is 15.1. The first-order valence-corrected chi connectivity index (χ1v) is 32.8. The van der Waals surface area contributed by atoms with Crippen molar-refractivity contribution >= 4 is 143 Å². The lowest BCUT2D eigenvalue weighted by Gasteiger charge is -2.32. The molecule has 0 fully saturated rings. The second-order valence-corrected chi connectivity index (χ2v) is 31.2. The highest BCUT2D eigenvalue weighted by atomic mass is 79.9. The van der Waals surface area contributed by atoms with Crippen molar-refractivity contribution in [2.24, 2.45) is 0 Å². The van der Waals surface area contributed by atoms with Gasteiger partial charge in [0.05, 0.1) is 38.1 Å². The third-order valence-electron chi connectivity index (χ3n) is 19.6. The molecular formula is C82H76BrN5O2. The molecule has 2 aliphatic rings. The minimum Gasteiger partial charge on any atom is -0.354 e. The van der Waals surface area contributed by atoms with Gasteiger partial charge in [0.2, 0.25) is 0 Å². The molecule has 90 heavy (non-hydrogen) atoms. The Morgan fingerprint density at radius 2 is 0.822 bits per heavy atom. The van der Waals surface area contributed by atoms with Crippen molar-refractivity contribution in [2.45, 2.75) is 144 Å². The summed E-state index contributed by atoms with van der Waals surface area (Å²) in [5.41, 5.74) is 19.7. The number of nitrogens with zero attached hydrogens (tertiary/aromatic N) is 3. The van der Waals surface area contributed by atoms with Gasteiger partial charge in [-0.3, -0.25) is 9.59 Å². The smallest absolute Gasteiger partial charge is 0.266 e. The van der Waals surface area contributed by atoms with Gasteiger partial charge in [0.1, 0.15) is 0 Å². The third kappa shape index (κ3) is 8.70. The molecule has 0 radical (unpaired) electrons. The quantitative estimate of drug-likeness (QED) is 0.102. The molecule has 8 heteroatoms. The molecule has 0 saturated carbocycles. The molecule has 4 aromatic heterocycles. The highest BCUT2D eigenvalue weighted by Gasteiger charge is 2.39. The Morgan fingerprint density at radius 1 is 0.411 bits per heavy atom. The van der Waals surface area contributed by atoms with Crippen LogP contribution in [0, 0.1) is 0 Å². The van der Waals surface area contributed by atoms with Crippen molar-refractivity contribution in [2.75, 3.05) is 4.90 Å². The zero-order valence-corrected chi connectivity index (χ0v) is 56.1. The van der Waals surface area contributed by atoms with Gasteiger partial charge in [0.15, 0.2) is 0 Å². The summed E-state index contributed by atoms with van der Waals surface area (Å²) in [5.74, 6) is -0.391. The van der Waals surface area contributed by atoms with E-state index >= 15 is 9.59 Å². The first-order chi connectivity index (χ1) is 42.5. The lowest BCUT2D eigenvalue weighted by atomic mass is 9.79. The summed E-state index contributed by atoms with van der Waals surface area (Å²) in [6.07, 6.45) is 4.29. The van der Waals surface area contributed by atoms with Crippen LogP contribution in [0.5, 0.6) is 0 Å². The lowest BCUT2D eigenvalue weighted by Crippen LogP contribution is -2.41. The van der Waals surface area contributed by atoms with Gasteiger partial charge in [0, 0.05) is 55.0 Å². The summed E-state index contributed by atoms with van der Waals surface area (Å²) in [4.78, 5) is 51.6. The zero-order chi connectivity index (χ0) is 63.3. The van der Waals surface area contributed by atoms with E-state index in [1.54, 1.807) is 0 Å². The SMILES string of the molecule is CC(C)c1cccc(C(C)C)c1N1C(=O)c2ccc3c4ccc5c6cc7nc6c(c6ccc([nH]6)c(-c6cc(C(C)(C)C)cc(C(C)(C)C)c6)c6nc(c(Br)c8ccc([nH]8)c7-c7cc(C(C)(C)C)cc(C(C)(C)C)c7)C=C6)c6ccc(c7ccc(c2c37)C1=O)c4c56. The van der Waals surface area contributed by atoms with Gasteiger partial charge in [0.25, 0.3) is 11.8 Å². The number of hydrogen-bond acceptors (Lipinski definition) is 4. The Morgan fingerprint density at radius 3 is 1.33 bits per heavy atom. The molecule has 0 spiro atoms. The minimum absolute atomic E-state index is 0.0920. The van der Waals surface area contributed by atoms with E-state index in [4.69, 9.17) is 9.97 Å². The predicted octanol–water partition coefficient (Wildman–Crippen LogP) is 22.9. The summed E-state index contributed by atoms with van der Waals surface area (Å²) in [7, 11) is 0. The predicted molar refractivity (Wildman–Crippen MR) is 385 cm³/mol. The number of fused-ring (bicyclic) bond motifs is 12. The Hall–Kier alpha value is -8.72. The molecule has 2 N–H and O–H groups in total. The largest absolute Gasteiger partial charge is 0.354 e. The van der Waals surface area contributed by atoms with E-state index in [1.807, 2.05) is 18.2 Å². The Bertz CT molecular complexity index is 5310. The van der Waals surface area contributed by atoms with Crippen LogP contribution in [0.3, 0.4) is 0 Å². The lowest BCUT2D eigenvalue weighted by molar-refractivity contribution is 0.0892. The summed E-state index contributed by atoms with van der Waals surface area (Å²) in [5, 5.41) is 12.3. The van der Waals surface area contributed by atoms with Crippen molar-refractivity contribution in [3.8, 4) is 22.3 Å². The first kappa shape index (κ1) is 57.7. The molecule has 7 nitrogen and oxygen atoms in total. The molecule has 13 aromatic rings. The van der Waals surface area contributed by atoms with Crippen LogP contribution in [0.15, 0.2) is 138 Å². The molecule has 15 rings (SSSR count). The Balaban J connectivity index is 1.09. The average Bonchev–Trinajstić information content (AvgIpc) is 0.973. The number of para-hydroxylation sites is 1. The number of aromatic nitrogens is 4. The maximum absolute atomic E-state index is 15.3. The van der Waals surface area contributed by atoms with Crippen LogP contribution < -0.4 is 4.90 Å². The molecule has 2 amide bonds. The number of carbonyl (C=O) groups excluding carboxylic acids is 2. The number of imide groups is 1. The average molecular weight is 1240 g/mol. The molecule has 0 atom stereocenters. The van der Waals surface area contributed by atoms with Crippen LogP contribution in [0.1, 0.15) is 188 Å². The number of halogens is 1. The van der Waals surface area contributed by atoms with Gasteiger partial charge in [-0.2, -0.15) is 0 Å². The van der Waals surface area contributed by atoms with Gasteiger partial charge in [-0.15, -0.1) is 0 Å².